The van der Waals surface area contributed by atoms with Gasteiger partial charge in [-0.2, -0.15) is 0 Å². The maximum absolute atomic E-state index is 7.29. The molecule has 3 aliphatic rings. The van der Waals surface area contributed by atoms with Crippen LogP contribution in [0, 0.1) is 12.3 Å². The first-order valence-corrected chi connectivity index (χ1v) is 17.1. The molecule has 1 aliphatic heterocycles. The quantitative estimate of drug-likeness (QED) is 0.178. The van der Waals surface area contributed by atoms with Crippen LogP contribution in [-0.2, 0) is 11.0 Å². The van der Waals surface area contributed by atoms with Crippen LogP contribution in [0.2, 0.25) is 0 Å². The van der Waals surface area contributed by atoms with E-state index in [0.717, 1.165) is 17.1 Å². The maximum Gasteiger partial charge on any atom is 0.179 e. The number of terminal acetylenes is 1. The van der Waals surface area contributed by atoms with E-state index in [1.807, 2.05) is 12.1 Å². The molecule has 0 radical (unpaired) electrons. The molecule has 0 bridgehead atoms. The van der Waals surface area contributed by atoms with E-state index >= 15 is 0 Å². The van der Waals surface area contributed by atoms with Crippen molar-refractivity contribution in [3.8, 4) is 46.1 Å². The van der Waals surface area contributed by atoms with Crippen LogP contribution in [0.15, 0.2) is 158 Å². The van der Waals surface area contributed by atoms with Crippen LogP contribution < -0.4 is 9.47 Å². The van der Waals surface area contributed by atoms with Crippen molar-refractivity contribution in [2.24, 2.45) is 0 Å². The monoisotopic (exact) mass is 640 g/mol. The van der Waals surface area contributed by atoms with Crippen LogP contribution in [0.5, 0.6) is 11.5 Å². The Bertz CT molecular complexity index is 2550. The van der Waals surface area contributed by atoms with Crippen molar-refractivity contribution in [3.63, 3.8) is 0 Å². The van der Waals surface area contributed by atoms with Gasteiger partial charge in [0.2, 0.25) is 0 Å². The minimum atomic E-state index is -0.715. The van der Waals surface area contributed by atoms with E-state index < -0.39 is 11.0 Å². The van der Waals surface area contributed by atoms with Gasteiger partial charge < -0.3 is 9.47 Å². The lowest BCUT2D eigenvalue weighted by Gasteiger charge is -2.38. The van der Waals surface area contributed by atoms with Crippen molar-refractivity contribution in [2.45, 2.75) is 17.9 Å². The van der Waals surface area contributed by atoms with Gasteiger partial charge in [0.1, 0.15) is 18.1 Å². The Labute approximate surface area is 292 Å². The predicted octanol–water partition coefficient (Wildman–Crippen LogP) is 10.9. The van der Waals surface area contributed by atoms with E-state index in [-0.39, 0.29) is 6.61 Å². The minimum absolute atomic E-state index is 0.235. The third-order valence-electron chi connectivity index (χ3n) is 11.0. The molecule has 2 aliphatic carbocycles. The number of ether oxygens (including phenoxy) is 2. The van der Waals surface area contributed by atoms with Crippen molar-refractivity contribution in [1.82, 2.24) is 0 Å². The second-order valence-corrected chi connectivity index (χ2v) is 13.5. The Morgan fingerprint density at radius 3 is 1.82 bits per heavy atom. The zero-order valence-electron chi connectivity index (χ0n) is 27.6. The molecule has 50 heavy (non-hydrogen) atoms. The van der Waals surface area contributed by atoms with Crippen LogP contribution in [-0.4, -0.2) is 6.61 Å². The van der Waals surface area contributed by atoms with Crippen molar-refractivity contribution >= 4 is 16.3 Å². The first-order valence-electron chi connectivity index (χ1n) is 17.1. The number of rotatable bonds is 4. The Morgan fingerprint density at radius 2 is 1.14 bits per heavy atom. The zero-order valence-corrected chi connectivity index (χ0v) is 27.6. The second kappa shape index (κ2) is 10.6. The molecular formula is C48H32O2. The average Bonchev–Trinajstić information content (AvgIpc) is 3.60. The smallest absolute Gasteiger partial charge is 0.179 e. The molecule has 7 aromatic rings. The molecule has 0 amide bonds. The molecule has 7 aromatic carbocycles. The molecule has 0 aromatic heterocycles. The highest BCUT2D eigenvalue weighted by Gasteiger charge is 2.49. The second-order valence-electron chi connectivity index (χ2n) is 13.5. The fourth-order valence-electron chi connectivity index (χ4n) is 8.92. The molecule has 2 heteroatoms. The van der Waals surface area contributed by atoms with Gasteiger partial charge in [0.05, 0.1) is 5.41 Å². The molecule has 1 atom stereocenters. The molecule has 10 rings (SSSR count). The van der Waals surface area contributed by atoms with Crippen LogP contribution in [0.3, 0.4) is 0 Å². The van der Waals surface area contributed by atoms with Crippen molar-refractivity contribution in [2.75, 3.05) is 6.61 Å². The fraction of sp³-hybridized carbons (Fsp3) is 0.0833. The largest absolute Gasteiger partial charge is 0.481 e. The lowest BCUT2D eigenvalue weighted by atomic mass is 9.67. The van der Waals surface area contributed by atoms with Gasteiger partial charge in [0, 0.05) is 16.7 Å². The molecule has 2 nitrogen and oxygen atoms in total. The number of benzene rings is 7. The molecular weight excluding hydrogens is 609 g/mol. The van der Waals surface area contributed by atoms with Gasteiger partial charge in [-0.1, -0.05) is 121 Å². The van der Waals surface area contributed by atoms with E-state index in [0.29, 0.717) is 0 Å². The Hall–Kier alpha value is -6.30. The van der Waals surface area contributed by atoms with Crippen LogP contribution in [0.1, 0.15) is 45.9 Å². The van der Waals surface area contributed by atoms with E-state index in [1.54, 1.807) is 0 Å². The summed E-state index contributed by atoms with van der Waals surface area (Å²) in [6, 6.07) is 54.8. The van der Waals surface area contributed by atoms with E-state index in [1.165, 1.54) is 72.0 Å². The number of hydrogen-bond donors (Lipinski definition) is 0. The predicted molar refractivity (Wildman–Crippen MR) is 203 cm³/mol. The van der Waals surface area contributed by atoms with E-state index in [2.05, 4.69) is 158 Å². The fourth-order valence-corrected chi connectivity index (χ4v) is 8.92. The SMILES string of the molecule is C#CCOc1ccc(C2(c3ccc4c(c3)C(C)=CC3(O4)c4ccccc4-c4cc5ccccc5cc43)c3ccccc3-c3ccccc32)cc1. The minimum Gasteiger partial charge on any atom is -0.481 e. The summed E-state index contributed by atoms with van der Waals surface area (Å²) in [7, 11) is 0. The topological polar surface area (TPSA) is 18.5 Å². The maximum atomic E-state index is 7.29. The molecule has 0 saturated carbocycles. The number of hydrogen-bond acceptors (Lipinski definition) is 2. The van der Waals surface area contributed by atoms with Crippen molar-refractivity contribution in [1.29, 1.82) is 0 Å². The van der Waals surface area contributed by atoms with Gasteiger partial charge in [0.25, 0.3) is 0 Å². The highest BCUT2D eigenvalue weighted by molar-refractivity contribution is 5.95. The first-order chi connectivity index (χ1) is 24.6. The summed E-state index contributed by atoms with van der Waals surface area (Å²) >= 11 is 0. The molecule has 236 valence electrons. The summed E-state index contributed by atoms with van der Waals surface area (Å²) < 4.78 is 13.1. The third-order valence-corrected chi connectivity index (χ3v) is 11.0. The third kappa shape index (κ3) is 3.81. The Morgan fingerprint density at radius 1 is 0.560 bits per heavy atom. The van der Waals surface area contributed by atoms with Gasteiger partial charge in [-0.15, -0.1) is 6.42 Å². The molecule has 1 heterocycles. The van der Waals surface area contributed by atoms with Gasteiger partial charge >= 0.3 is 0 Å². The van der Waals surface area contributed by atoms with Crippen LogP contribution in [0.25, 0.3) is 38.6 Å². The normalized spacial score (nSPS) is 17.1. The molecule has 1 unspecified atom stereocenters. The number of fused-ring (bicyclic) bond motifs is 10. The van der Waals surface area contributed by atoms with Gasteiger partial charge in [0.15, 0.2) is 5.60 Å². The van der Waals surface area contributed by atoms with E-state index in [9.17, 15) is 0 Å². The summed E-state index contributed by atoms with van der Waals surface area (Å²) in [5, 5.41) is 2.45. The van der Waals surface area contributed by atoms with Gasteiger partial charge in [-0.3, -0.25) is 0 Å². The lowest BCUT2D eigenvalue weighted by molar-refractivity contribution is 0.165. The molecule has 0 saturated heterocycles. The average molecular weight is 641 g/mol. The Kier molecular flexibility index (Phi) is 6.08. The standard InChI is InChI=1S/C48H32O2/c1-3-26-49-36-23-20-34(21-24-36)48(43-18-10-7-14-37(43)38-15-8-11-19-44(38)48)35-22-25-46-40(29-35)31(2)30-47(50-46)42-17-9-6-16-39(42)41-27-32-12-4-5-13-33(32)28-45(41)47/h1,4-25,27-30H,26H2,2H3. The summed E-state index contributed by atoms with van der Waals surface area (Å²) in [4.78, 5) is 0. The van der Waals surface area contributed by atoms with Crippen molar-refractivity contribution < 1.29 is 9.47 Å². The molecule has 1 spiro atoms. The summed E-state index contributed by atoms with van der Waals surface area (Å²) in [6.07, 6.45) is 7.84. The molecule has 0 fully saturated rings. The highest BCUT2D eigenvalue weighted by atomic mass is 16.5. The Balaban J connectivity index is 1.18. The van der Waals surface area contributed by atoms with Crippen LogP contribution in [0.4, 0.5) is 0 Å². The summed E-state index contributed by atoms with van der Waals surface area (Å²) in [5.74, 6) is 4.22. The highest BCUT2D eigenvalue weighted by Crippen LogP contribution is 2.59. The lowest BCUT2D eigenvalue weighted by Crippen LogP contribution is -2.33. The van der Waals surface area contributed by atoms with Gasteiger partial charge in [-0.25, -0.2) is 0 Å². The van der Waals surface area contributed by atoms with Crippen LogP contribution >= 0.6 is 0 Å². The van der Waals surface area contributed by atoms with E-state index in [4.69, 9.17) is 15.9 Å². The number of allylic oxidation sites excluding steroid dienone is 1. The zero-order chi connectivity index (χ0) is 33.5. The van der Waals surface area contributed by atoms with Gasteiger partial charge in [-0.05, 0) is 110 Å². The first kappa shape index (κ1) is 28.7. The molecule has 0 N–H and O–H groups in total. The van der Waals surface area contributed by atoms with Crippen molar-refractivity contribution in [3.05, 3.63) is 197 Å². The summed E-state index contributed by atoms with van der Waals surface area (Å²) in [5.41, 5.74) is 13.3. The summed E-state index contributed by atoms with van der Waals surface area (Å²) in [6.45, 7) is 2.47.